The van der Waals surface area contributed by atoms with E-state index in [4.69, 9.17) is 5.73 Å². The summed E-state index contributed by atoms with van der Waals surface area (Å²) >= 11 is 0. The van der Waals surface area contributed by atoms with Gasteiger partial charge in [0.15, 0.2) is 5.78 Å². The highest BCUT2D eigenvalue weighted by atomic mass is 16.1. The first-order valence-corrected chi connectivity index (χ1v) is 9.83. The van der Waals surface area contributed by atoms with Crippen LogP contribution in [0.15, 0.2) is 6.20 Å². The number of anilines is 1. The molecule has 2 aliphatic rings. The molecular weight excluding hydrogens is 354 g/mol. The lowest BCUT2D eigenvalue weighted by Crippen LogP contribution is -2.28. The Balaban J connectivity index is 1.83. The third-order valence-corrected chi connectivity index (χ3v) is 5.87. The minimum Gasteiger partial charge on any atom is -0.369 e. The molecule has 0 unspecified atom stereocenters. The van der Waals surface area contributed by atoms with Crippen LogP contribution in [0, 0.1) is 25.2 Å². The van der Waals surface area contributed by atoms with Crippen LogP contribution < -0.4 is 11.1 Å². The quantitative estimate of drug-likeness (QED) is 0.829. The molecule has 0 spiro atoms. The number of primary amides is 1. The first-order valence-electron chi connectivity index (χ1n) is 9.83. The summed E-state index contributed by atoms with van der Waals surface area (Å²) in [6, 6.07) is 0. The largest absolute Gasteiger partial charge is 0.369 e. The molecule has 2 aromatic rings. The fourth-order valence-electron chi connectivity index (χ4n) is 4.08. The Morgan fingerprint density at radius 2 is 2.04 bits per heavy atom. The van der Waals surface area contributed by atoms with E-state index in [2.05, 4.69) is 29.1 Å². The van der Waals surface area contributed by atoms with E-state index in [1.807, 2.05) is 18.4 Å². The Bertz CT molecular complexity index is 985. The Labute approximate surface area is 164 Å². The highest BCUT2D eigenvalue weighted by molar-refractivity contribution is 6.01. The topological polar surface area (TPSA) is 103 Å². The van der Waals surface area contributed by atoms with Crippen LogP contribution in [-0.4, -0.2) is 32.8 Å². The number of ketones is 1. The molecule has 1 amide bonds. The van der Waals surface area contributed by atoms with E-state index in [9.17, 15) is 9.59 Å². The lowest BCUT2D eigenvalue weighted by Gasteiger charge is -2.29. The maximum absolute atomic E-state index is 12.8. The van der Waals surface area contributed by atoms with Gasteiger partial charge in [-0.1, -0.05) is 13.8 Å². The third kappa shape index (κ3) is 3.19. The summed E-state index contributed by atoms with van der Waals surface area (Å²) in [6.07, 6.45) is 5.18. The van der Waals surface area contributed by atoms with Crippen LogP contribution in [0.4, 0.5) is 5.82 Å². The molecule has 7 heteroatoms. The number of Topliss-reactive ketones (excluding diaryl/α,β-unsaturated/α-hetero) is 1. The molecule has 0 atom stereocenters. The molecule has 2 heterocycles. The van der Waals surface area contributed by atoms with E-state index < -0.39 is 5.91 Å². The number of nitrogens with one attached hydrogen (secondary N) is 1. The number of hydrogen-bond acceptors (Lipinski definition) is 5. The second kappa shape index (κ2) is 6.43. The second-order valence-electron chi connectivity index (χ2n) is 8.93. The van der Waals surface area contributed by atoms with Crippen LogP contribution in [0.5, 0.6) is 0 Å². The molecule has 148 valence electrons. The van der Waals surface area contributed by atoms with Crippen molar-refractivity contribution in [3.63, 3.8) is 0 Å². The number of carbonyl (C=O) groups is 2. The number of hydrogen-bond donors (Lipinski definition) is 2. The standard InChI is InChI=1S/C21H27N5O2/c1-11-12(2)26(15-7-21(3,4)8-16(27)17(11)15)20-24-10-14(18(22)28)19(25-20)23-9-13-5-6-13/h10,13H,5-9H2,1-4H3,(H2,22,28)(H,23,24,25). The van der Waals surface area contributed by atoms with Crippen molar-refractivity contribution in [2.24, 2.45) is 17.1 Å². The molecule has 28 heavy (non-hydrogen) atoms. The summed E-state index contributed by atoms with van der Waals surface area (Å²) in [4.78, 5) is 33.7. The number of fused-ring (bicyclic) bond motifs is 1. The van der Waals surface area contributed by atoms with Crippen LogP contribution in [0.1, 0.15) is 70.8 Å². The smallest absolute Gasteiger partial charge is 0.254 e. The first-order chi connectivity index (χ1) is 13.2. The molecule has 3 N–H and O–H groups in total. The maximum atomic E-state index is 12.8. The minimum atomic E-state index is -0.552. The van der Waals surface area contributed by atoms with Crippen molar-refractivity contribution in [2.75, 3.05) is 11.9 Å². The number of rotatable bonds is 5. The molecule has 7 nitrogen and oxygen atoms in total. The normalized spacial score (nSPS) is 18.1. The van der Waals surface area contributed by atoms with E-state index in [0.29, 0.717) is 24.1 Å². The number of nitrogens with two attached hydrogens (primary N) is 1. The molecule has 0 aromatic carbocycles. The van der Waals surface area contributed by atoms with E-state index in [-0.39, 0.29) is 16.8 Å². The van der Waals surface area contributed by atoms with Crippen LogP contribution in [0.25, 0.3) is 5.95 Å². The van der Waals surface area contributed by atoms with Crippen molar-refractivity contribution in [2.45, 2.75) is 53.4 Å². The summed E-state index contributed by atoms with van der Waals surface area (Å²) in [5, 5.41) is 3.27. The van der Waals surface area contributed by atoms with Gasteiger partial charge in [-0.25, -0.2) is 4.98 Å². The van der Waals surface area contributed by atoms with Gasteiger partial charge >= 0.3 is 0 Å². The van der Waals surface area contributed by atoms with Gasteiger partial charge in [-0.2, -0.15) is 4.98 Å². The lowest BCUT2D eigenvalue weighted by molar-refractivity contribution is 0.0909. The molecule has 1 fully saturated rings. The average Bonchev–Trinajstić information content (AvgIpc) is 3.39. The Kier molecular flexibility index (Phi) is 4.28. The molecule has 2 aromatic heterocycles. The Morgan fingerprint density at radius 3 is 2.68 bits per heavy atom. The zero-order chi connectivity index (χ0) is 20.2. The number of nitrogens with zero attached hydrogens (tertiary/aromatic N) is 3. The predicted molar refractivity (Wildman–Crippen MR) is 107 cm³/mol. The molecule has 1 saturated carbocycles. The van der Waals surface area contributed by atoms with E-state index in [1.165, 1.54) is 19.0 Å². The van der Waals surface area contributed by atoms with Crippen molar-refractivity contribution >= 4 is 17.5 Å². The zero-order valence-electron chi connectivity index (χ0n) is 16.9. The summed E-state index contributed by atoms with van der Waals surface area (Å²) in [5.41, 5.74) is 9.37. The SMILES string of the molecule is Cc1c2c(n(-c3ncc(C(N)=O)c(NCC4CC4)n3)c1C)CC(C)(C)CC2=O. The van der Waals surface area contributed by atoms with Gasteiger partial charge in [0.05, 0.1) is 5.56 Å². The molecule has 0 bridgehead atoms. The third-order valence-electron chi connectivity index (χ3n) is 5.87. The molecule has 0 aliphatic heterocycles. The first kappa shape index (κ1) is 18.7. The van der Waals surface area contributed by atoms with Crippen molar-refractivity contribution < 1.29 is 9.59 Å². The van der Waals surface area contributed by atoms with Crippen molar-refractivity contribution in [3.8, 4) is 5.95 Å². The predicted octanol–water partition coefficient (Wildman–Crippen LogP) is 2.96. The number of carbonyl (C=O) groups excluding carboxylic acids is 2. The summed E-state index contributed by atoms with van der Waals surface area (Å²) < 4.78 is 1.97. The van der Waals surface area contributed by atoms with Gasteiger partial charge in [-0.15, -0.1) is 0 Å². The van der Waals surface area contributed by atoms with Gasteiger partial charge in [0.2, 0.25) is 5.95 Å². The van der Waals surface area contributed by atoms with Crippen molar-refractivity contribution in [1.82, 2.24) is 14.5 Å². The van der Waals surface area contributed by atoms with Crippen LogP contribution >= 0.6 is 0 Å². The Hall–Kier alpha value is -2.70. The minimum absolute atomic E-state index is 0.112. The van der Waals surface area contributed by atoms with Gasteiger partial charge in [0.25, 0.3) is 5.91 Å². The highest BCUT2D eigenvalue weighted by Crippen LogP contribution is 2.39. The fourth-order valence-corrected chi connectivity index (χ4v) is 4.08. The van der Waals surface area contributed by atoms with E-state index in [1.54, 1.807) is 0 Å². The van der Waals surface area contributed by atoms with Crippen molar-refractivity contribution in [3.05, 3.63) is 34.3 Å². The molecule has 0 saturated heterocycles. The summed E-state index contributed by atoms with van der Waals surface area (Å²) in [6.45, 7) is 8.94. The van der Waals surface area contributed by atoms with Crippen molar-refractivity contribution in [1.29, 1.82) is 0 Å². The summed E-state index contributed by atoms with van der Waals surface area (Å²) in [7, 11) is 0. The second-order valence-corrected chi connectivity index (χ2v) is 8.93. The van der Waals surface area contributed by atoms with Gasteiger partial charge in [-0.05, 0) is 50.0 Å². The van der Waals surface area contributed by atoms with Gasteiger partial charge in [0, 0.05) is 36.1 Å². The number of aromatic nitrogens is 3. The highest BCUT2D eigenvalue weighted by Gasteiger charge is 2.36. The monoisotopic (exact) mass is 381 g/mol. The zero-order valence-corrected chi connectivity index (χ0v) is 16.9. The lowest BCUT2D eigenvalue weighted by atomic mass is 9.75. The maximum Gasteiger partial charge on any atom is 0.254 e. The van der Waals surface area contributed by atoms with Gasteiger partial charge < -0.3 is 11.1 Å². The van der Waals surface area contributed by atoms with Gasteiger partial charge in [0.1, 0.15) is 5.82 Å². The van der Waals surface area contributed by atoms with Crippen LogP contribution in [0.2, 0.25) is 0 Å². The van der Waals surface area contributed by atoms with E-state index in [0.717, 1.165) is 35.5 Å². The molecule has 0 radical (unpaired) electrons. The number of amides is 1. The average molecular weight is 381 g/mol. The Morgan fingerprint density at radius 1 is 1.32 bits per heavy atom. The molecular formula is C21H27N5O2. The molecule has 2 aliphatic carbocycles. The fraction of sp³-hybridized carbons (Fsp3) is 0.524. The van der Waals surface area contributed by atoms with Crippen LogP contribution in [-0.2, 0) is 6.42 Å². The van der Waals surface area contributed by atoms with Crippen LogP contribution in [0.3, 0.4) is 0 Å². The van der Waals surface area contributed by atoms with Gasteiger partial charge in [-0.3, -0.25) is 14.2 Å². The van der Waals surface area contributed by atoms with E-state index >= 15 is 0 Å². The summed E-state index contributed by atoms with van der Waals surface area (Å²) in [5.74, 6) is 1.18. The molecule has 4 rings (SSSR count).